The molecule has 1 aromatic rings. The Hall–Kier alpha value is -1.11. The van der Waals surface area contributed by atoms with E-state index in [-0.39, 0.29) is 0 Å². The van der Waals surface area contributed by atoms with Crippen LogP contribution in [0.1, 0.15) is 18.6 Å². The van der Waals surface area contributed by atoms with Gasteiger partial charge >= 0.3 is 0 Å². The van der Waals surface area contributed by atoms with Gasteiger partial charge < -0.3 is 5.11 Å². The molecule has 0 heterocycles. The predicted molar refractivity (Wildman–Crippen MR) is 53.8 cm³/mol. The number of aliphatic hydroxyl groups excluding tert-OH is 1. The number of hydrogen-bond donors (Lipinski definition) is 3. The standard InChI is InChI=1S/C8H12N2O3S/c1-6(11)7-3-2-4-8(5-7)10-14(9,12)13/h2-6,10-11H,1H3,(H2,9,12,13). The Kier molecular flexibility index (Phi) is 3.10. The number of anilines is 1. The summed E-state index contributed by atoms with van der Waals surface area (Å²) in [6, 6.07) is 6.40. The van der Waals surface area contributed by atoms with Crippen molar-refractivity contribution in [2.24, 2.45) is 5.14 Å². The molecule has 1 atom stereocenters. The fourth-order valence-electron chi connectivity index (χ4n) is 1.03. The largest absolute Gasteiger partial charge is 0.389 e. The molecule has 14 heavy (non-hydrogen) atoms. The lowest BCUT2D eigenvalue weighted by Gasteiger charge is -2.07. The molecule has 0 spiro atoms. The fraction of sp³-hybridized carbons (Fsp3) is 0.250. The SMILES string of the molecule is CC(O)c1cccc(NS(N)(=O)=O)c1. The van der Waals surface area contributed by atoms with E-state index in [0.717, 1.165) is 0 Å². The molecule has 0 fully saturated rings. The van der Waals surface area contributed by atoms with E-state index in [1.165, 1.54) is 6.07 Å². The molecule has 0 aliphatic heterocycles. The Balaban J connectivity index is 2.95. The molecule has 6 heteroatoms. The van der Waals surface area contributed by atoms with Gasteiger partial charge in [-0.05, 0) is 24.6 Å². The van der Waals surface area contributed by atoms with Crippen molar-refractivity contribution in [2.75, 3.05) is 4.72 Å². The van der Waals surface area contributed by atoms with E-state index >= 15 is 0 Å². The van der Waals surface area contributed by atoms with Crippen LogP contribution >= 0.6 is 0 Å². The second kappa shape index (κ2) is 3.95. The molecule has 0 aliphatic rings. The molecule has 0 bridgehead atoms. The summed E-state index contributed by atoms with van der Waals surface area (Å²) in [6.07, 6.45) is -0.641. The van der Waals surface area contributed by atoms with Crippen LogP contribution in [-0.2, 0) is 10.2 Å². The third kappa shape index (κ3) is 3.33. The van der Waals surface area contributed by atoms with Crippen LogP contribution in [0.25, 0.3) is 0 Å². The van der Waals surface area contributed by atoms with Gasteiger partial charge in [-0.3, -0.25) is 4.72 Å². The van der Waals surface area contributed by atoms with Crippen molar-refractivity contribution < 1.29 is 13.5 Å². The monoisotopic (exact) mass is 216 g/mol. The minimum absolute atomic E-state index is 0.339. The van der Waals surface area contributed by atoms with Crippen molar-refractivity contribution >= 4 is 15.9 Å². The van der Waals surface area contributed by atoms with Gasteiger partial charge in [0.2, 0.25) is 0 Å². The molecule has 0 saturated heterocycles. The Bertz CT molecular complexity index is 414. The van der Waals surface area contributed by atoms with Crippen molar-refractivity contribution in [2.45, 2.75) is 13.0 Å². The van der Waals surface area contributed by atoms with E-state index < -0.39 is 16.3 Å². The highest BCUT2D eigenvalue weighted by molar-refractivity contribution is 7.90. The van der Waals surface area contributed by atoms with E-state index in [4.69, 9.17) is 5.14 Å². The summed E-state index contributed by atoms with van der Waals surface area (Å²) < 4.78 is 23.5. The average molecular weight is 216 g/mol. The van der Waals surface area contributed by atoms with Gasteiger partial charge in [0.15, 0.2) is 0 Å². The summed E-state index contributed by atoms with van der Waals surface area (Å²) in [6.45, 7) is 1.59. The van der Waals surface area contributed by atoms with Crippen LogP contribution in [0, 0.1) is 0 Å². The molecule has 1 aromatic carbocycles. The first-order chi connectivity index (χ1) is 6.38. The molecular formula is C8H12N2O3S. The molecule has 1 rings (SSSR count). The predicted octanol–water partition coefficient (Wildman–Crippen LogP) is 0.355. The number of benzene rings is 1. The van der Waals surface area contributed by atoms with Gasteiger partial charge in [0.05, 0.1) is 11.8 Å². The average Bonchev–Trinajstić information content (AvgIpc) is 2.01. The van der Waals surface area contributed by atoms with Crippen LogP contribution in [0.5, 0.6) is 0 Å². The summed E-state index contributed by atoms with van der Waals surface area (Å²) in [7, 11) is -3.75. The summed E-state index contributed by atoms with van der Waals surface area (Å²) in [5, 5.41) is 14.0. The van der Waals surface area contributed by atoms with Crippen LogP contribution in [0.4, 0.5) is 5.69 Å². The molecule has 1 unspecified atom stereocenters. The second-order valence-electron chi connectivity index (χ2n) is 2.95. The van der Waals surface area contributed by atoms with Crippen LogP contribution in [-0.4, -0.2) is 13.5 Å². The quantitative estimate of drug-likeness (QED) is 0.681. The summed E-state index contributed by atoms with van der Waals surface area (Å²) >= 11 is 0. The Morgan fingerprint density at radius 2 is 2.14 bits per heavy atom. The zero-order chi connectivity index (χ0) is 10.8. The van der Waals surface area contributed by atoms with Crippen molar-refractivity contribution in [3.63, 3.8) is 0 Å². The van der Waals surface area contributed by atoms with E-state index in [1.54, 1.807) is 25.1 Å². The molecule has 78 valence electrons. The molecular weight excluding hydrogens is 204 g/mol. The van der Waals surface area contributed by atoms with Crippen molar-refractivity contribution in [1.82, 2.24) is 0 Å². The van der Waals surface area contributed by atoms with Crippen LogP contribution in [0.2, 0.25) is 0 Å². The molecule has 0 amide bonds. The minimum Gasteiger partial charge on any atom is -0.389 e. The van der Waals surface area contributed by atoms with Crippen molar-refractivity contribution in [3.8, 4) is 0 Å². The third-order valence-corrected chi connectivity index (χ3v) is 2.15. The van der Waals surface area contributed by atoms with Crippen molar-refractivity contribution in [1.29, 1.82) is 0 Å². The zero-order valence-electron chi connectivity index (χ0n) is 7.64. The first kappa shape index (κ1) is 11.0. The highest BCUT2D eigenvalue weighted by Crippen LogP contribution is 2.17. The number of hydrogen-bond acceptors (Lipinski definition) is 3. The van der Waals surface area contributed by atoms with E-state index in [2.05, 4.69) is 4.72 Å². The molecule has 5 nitrogen and oxygen atoms in total. The highest BCUT2D eigenvalue weighted by atomic mass is 32.2. The Labute approximate surface area is 82.7 Å². The van der Waals surface area contributed by atoms with E-state index in [1.807, 2.05) is 0 Å². The Morgan fingerprint density at radius 3 is 2.64 bits per heavy atom. The number of aliphatic hydroxyl groups is 1. The zero-order valence-corrected chi connectivity index (χ0v) is 8.45. The molecule has 0 aliphatic carbocycles. The van der Waals surface area contributed by atoms with Gasteiger partial charge in [-0.2, -0.15) is 8.42 Å². The van der Waals surface area contributed by atoms with Crippen molar-refractivity contribution in [3.05, 3.63) is 29.8 Å². The number of nitrogens with one attached hydrogen (secondary N) is 1. The van der Waals surface area contributed by atoms with Crippen LogP contribution < -0.4 is 9.86 Å². The van der Waals surface area contributed by atoms with Gasteiger partial charge in [0.1, 0.15) is 0 Å². The lowest BCUT2D eigenvalue weighted by Crippen LogP contribution is -2.21. The summed E-state index contributed by atoms with van der Waals surface area (Å²) in [5.74, 6) is 0. The first-order valence-corrected chi connectivity index (χ1v) is 5.52. The summed E-state index contributed by atoms with van der Waals surface area (Å²) in [4.78, 5) is 0. The third-order valence-electron chi connectivity index (χ3n) is 1.63. The normalized spacial score (nSPS) is 13.6. The fourth-order valence-corrected chi connectivity index (χ4v) is 1.48. The maximum Gasteiger partial charge on any atom is 0.296 e. The van der Waals surface area contributed by atoms with Crippen LogP contribution in [0.3, 0.4) is 0 Å². The number of nitrogens with two attached hydrogens (primary N) is 1. The maximum atomic E-state index is 10.7. The number of rotatable bonds is 3. The lowest BCUT2D eigenvalue weighted by molar-refractivity contribution is 0.199. The molecule has 0 saturated carbocycles. The lowest BCUT2D eigenvalue weighted by atomic mass is 10.1. The first-order valence-electron chi connectivity index (χ1n) is 3.97. The summed E-state index contributed by atoms with van der Waals surface area (Å²) in [5.41, 5.74) is 0.963. The van der Waals surface area contributed by atoms with Gasteiger partial charge in [-0.1, -0.05) is 12.1 Å². The minimum atomic E-state index is -3.75. The van der Waals surface area contributed by atoms with E-state index in [0.29, 0.717) is 11.3 Å². The van der Waals surface area contributed by atoms with Crippen LogP contribution in [0.15, 0.2) is 24.3 Å². The van der Waals surface area contributed by atoms with Gasteiger partial charge in [0.25, 0.3) is 10.2 Å². The highest BCUT2D eigenvalue weighted by Gasteiger charge is 2.04. The Morgan fingerprint density at radius 1 is 1.50 bits per heavy atom. The second-order valence-corrected chi connectivity index (χ2v) is 4.24. The molecule has 0 aromatic heterocycles. The maximum absolute atomic E-state index is 10.7. The van der Waals surface area contributed by atoms with Gasteiger partial charge in [-0.15, -0.1) is 0 Å². The molecule has 4 N–H and O–H groups in total. The van der Waals surface area contributed by atoms with Gasteiger partial charge in [-0.25, -0.2) is 5.14 Å². The topological polar surface area (TPSA) is 92.4 Å². The smallest absolute Gasteiger partial charge is 0.296 e. The molecule has 0 radical (unpaired) electrons. The van der Waals surface area contributed by atoms with Gasteiger partial charge in [0, 0.05) is 0 Å². The van der Waals surface area contributed by atoms with E-state index in [9.17, 15) is 13.5 Å².